The summed E-state index contributed by atoms with van der Waals surface area (Å²) >= 11 is 3.11. The maximum Gasteiger partial charge on any atom is 0.267 e. The van der Waals surface area contributed by atoms with Crippen LogP contribution >= 0.6 is 15.9 Å². The second kappa shape index (κ2) is 3.06. The highest BCUT2D eigenvalue weighted by atomic mass is 79.9. The zero-order chi connectivity index (χ0) is 10.3. The van der Waals surface area contributed by atoms with Crippen LogP contribution in [0.2, 0.25) is 0 Å². The number of carbonyl (C=O) groups is 1. The Hall–Kier alpha value is -1.43. The Morgan fingerprint density at radius 1 is 1.64 bits per heavy atom. The molecule has 14 heavy (non-hydrogen) atoms. The van der Waals surface area contributed by atoms with Crippen LogP contribution in [0, 0.1) is 5.82 Å². The molecule has 0 radical (unpaired) electrons. The molecule has 0 aliphatic rings. The standard InChI is InChI=1S/C8H5BrFN3O/c9-4-1-5(10)8-12-2-6(7(11)14)13(8)3-4/h1-3H,(H2,11,14). The van der Waals surface area contributed by atoms with E-state index in [-0.39, 0.29) is 11.3 Å². The molecule has 2 aromatic heterocycles. The lowest BCUT2D eigenvalue weighted by molar-refractivity contribution is 0.0994. The molecule has 0 saturated carbocycles. The summed E-state index contributed by atoms with van der Waals surface area (Å²) in [7, 11) is 0. The maximum absolute atomic E-state index is 13.3. The zero-order valence-electron chi connectivity index (χ0n) is 6.87. The number of amides is 1. The summed E-state index contributed by atoms with van der Waals surface area (Å²) in [4.78, 5) is 14.7. The van der Waals surface area contributed by atoms with Gasteiger partial charge in [0.15, 0.2) is 11.5 Å². The summed E-state index contributed by atoms with van der Waals surface area (Å²) < 4.78 is 15.1. The number of carbonyl (C=O) groups excluding carboxylic acids is 1. The van der Waals surface area contributed by atoms with Gasteiger partial charge >= 0.3 is 0 Å². The van der Waals surface area contributed by atoms with Gasteiger partial charge in [0.25, 0.3) is 5.91 Å². The van der Waals surface area contributed by atoms with E-state index < -0.39 is 11.7 Å². The van der Waals surface area contributed by atoms with Crippen LogP contribution in [-0.4, -0.2) is 15.3 Å². The molecule has 0 saturated heterocycles. The lowest BCUT2D eigenvalue weighted by Crippen LogP contribution is -2.13. The molecule has 2 N–H and O–H groups in total. The van der Waals surface area contributed by atoms with Crippen molar-refractivity contribution < 1.29 is 9.18 Å². The van der Waals surface area contributed by atoms with Crippen LogP contribution in [0.4, 0.5) is 4.39 Å². The van der Waals surface area contributed by atoms with E-state index in [0.717, 1.165) is 0 Å². The lowest BCUT2D eigenvalue weighted by Gasteiger charge is -1.99. The van der Waals surface area contributed by atoms with Gasteiger partial charge in [-0.25, -0.2) is 9.37 Å². The van der Waals surface area contributed by atoms with Gasteiger partial charge in [-0.3, -0.25) is 9.20 Å². The topological polar surface area (TPSA) is 60.4 Å². The molecular weight excluding hydrogens is 253 g/mol. The van der Waals surface area contributed by atoms with Crippen LogP contribution in [0.3, 0.4) is 0 Å². The van der Waals surface area contributed by atoms with Crippen molar-refractivity contribution in [3.05, 3.63) is 34.4 Å². The molecule has 72 valence electrons. The number of hydrogen-bond acceptors (Lipinski definition) is 2. The quantitative estimate of drug-likeness (QED) is 0.838. The Morgan fingerprint density at radius 3 is 3.00 bits per heavy atom. The minimum Gasteiger partial charge on any atom is -0.364 e. The summed E-state index contributed by atoms with van der Waals surface area (Å²) in [6, 6.07) is 1.27. The Balaban J connectivity index is 2.85. The molecule has 2 heterocycles. The molecule has 2 aromatic rings. The SMILES string of the molecule is NC(=O)c1cnc2c(F)cc(Br)cn12. The van der Waals surface area contributed by atoms with Crippen molar-refractivity contribution in [1.29, 1.82) is 0 Å². The highest BCUT2D eigenvalue weighted by molar-refractivity contribution is 9.10. The third-order valence-electron chi connectivity index (χ3n) is 1.78. The van der Waals surface area contributed by atoms with Crippen molar-refractivity contribution in [2.24, 2.45) is 5.73 Å². The van der Waals surface area contributed by atoms with Crippen molar-refractivity contribution in [2.45, 2.75) is 0 Å². The van der Waals surface area contributed by atoms with Crippen LogP contribution in [0.15, 0.2) is 22.9 Å². The third-order valence-corrected chi connectivity index (χ3v) is 2.21. The van der Waals surface area contributed by atoms with Gasteiger partial charge in [-0.15, -0.1) is 0 Å². The normalized spacial score (nSPS) is 10.7. The summed E-state index contributed by atoms with van der Waals surface area (Å²) in [5.74, 6) is -1.15. The molecule has 0 atom stereocenters. The number of rotatable bonds is 1. The van der Waals surface area contributed by atoms with E-state index in [9.17, 15) is 9.18 Å². The number of fused-ring (bicyclic) bond motifs is 1. The molecule has 4 nitrogen and oxygen atoms in total. The number of nitrogens with zero attached hydrogens (tertiary/aromatic N) is 2. The first-order valence-corrected chi connectivity index (χ1v) is 4.51. The van der Waals surface area contributed by atoms with Gasteiger partial charge in [0.1, 0.15) is 5.69 Å². The number of halogens is 2. The molecule has 0 bridgehead atoms. The largest absolute Gasteiger partial charge is 0.364 e. The number of hydrogen-bond donors (Lipinski definition) is 1. The fourth-order valence-electron chi connectivity index (χ4n) is 1.20. The molecule has 0 aromatic carbocycles. The minimum absolute atomic E-state index is 0.0852. The van der Waals surface area contributed by atoms with E-state index >= 15 is 0 Å². The number of aromatic nitrogens is 2. The summed E-state index contributed by atoms with van der Waals surface area (Å²) in [5.41, 5.74) is 5.33. The summed E-state index contributed by atoms with van der Waals surface area (Å²) in [6.45, 7) is 0. The Labute approximate surface area is 86.7 Å². The number of nitrogens with two attached hydrogens (primary N) is 1. The van der Waals surface area contributed by atoms with Gasteiger partial charge in [-0.2, -0.15) is 0 Å². The van der Waals surface area contributed by atoms with Crippen LogP contribution in [0.5, 0.6) is 0 Å². The first-order chi connectivity index (χ1) is 6.59. The molecule has 0 fully saturated rings. The first kappa shape index (κ1) is 9.14. The molecule has 2 rings (SSSR count). The van der Waals surface area contributed by atoms with Gasteiger partial charge in [0, 0.05) is 10.7 Å². The molecule has 0 aliphatic carbocycles. The Morgan fingerprint density at radius 2 is 2.36 bits per heavy atom. The van der Waals surface area contributed by atoms with Crippen LogP contribution < -0.4 is 5.73 Å². The molecule has 6 heteroatoms. The molecular formula is C8H5BrFN3O. The number of pyridine rings is 1. The van der Waals surface area contributed by atoms with Crippen molar-refractivity contribution in [3.8, 4) is 0 Å². The highest BCUT2D eigenvalue weighted by Crippen LogP contribution is 2.17. The lowest BCUT2D eigenvalue weighted by atomic mass is 10.4. The van der Waals surface area contributed by atoms with Crippen molar-refractivity contribution >= 4 is 27.5 Å². The van der Waals surface area contributed by atoms with Gasteiger partial charge < -0.3 is 5.73 Å². The van der Waals surface area contributed by atoms with Crippen molar-refractivity contribution in [3.63, 3.8) is 0 Å². The number of primary amides is 1. The zero-order valence-corrected chi connectivity index (χ0v) is 8.45. The van der Waals surface area contributed by atoms with E-state index in [0.29, 0.717) is 4.47 Å². The van der Waals surface area contributed by atoms with Crippen molar-refractivity contribution in [2.75, 3.05) is 0 Å². The van der Waals surface area contributed by atoms with E-state index in [1.807, 2.05) is 0 Å². The third kappa shape index (κ3) is 1.27. The fraction of sp³-hybridized carbons (Fsp3) is 0. The van der Waals surface area contributed by atoms with Gasteiger partial charge in [-0.1, -0.05) is 0 Å². The van der Waals surface area contributed by atoms with E-state index in [4.69, 9.17) is 5.73 Å². The fourth-order valence-corrected chi connectivity index (χ4v) is 1.60. The predicted octanol–water partition coefficient (Wildman–Crippen LogP) is 1.33. The van der Waals surface area contributed by atoms with Crippen LogP contribution in [-0.2, 0) is 0 Å². The second-order valence-electron chi connectivity index (χ2n) is 2.71. The molecule has 0 aliphatic heterocycles. The number of imidazole rings is 1. The van der Waals surface area contributed by atoms with Crippen LogP contribution in [0.1, 0.15) is 10.5 Å². The maximum atomic E-state index is 13.3. The highest BCUT2D eigenvalue weighted by Gasteiger charge is 2.11. The Kier molecular flexibility index (Phi) is 1.99. The smallest absolute Gasteiger partial charge is 0.267 e. The first-order valence-electron chi connectivity index (χ1n) is 3.71. The predicted molar refractivity (Wildman–Crippen MR) is 51.4 cm³/mol. The summed E-state index contributed by atoms with van der Waals surface area (Å²) in [6.07, 6.45) is 2.78. The van der Waals surface area contributed by atoms with Crippen LogP contribution in [0.25, 0.3) is 5.65 Å². The van der Waals surface area contributed by atoms with E-state index in [1.165, 1.54) is 22.9 Å². The van der Waals surface area contributed by atoms with Crippen molar-refractivity contribution in [1.82, 2.24) is 9.38 Å². The molecule has 0 unspecified atom stereocenters. The van der Waals surface area contributed by atoms with Gasteiger partial charge in [-0.05, 0) is 22.0 Å². The summed E-state index contributed by atoms with van der Waals surface area (Å²) in [5, 5.41) is 0. The molecule has 1 amide bonds. The van der Waals surface area contributed by atoms with E-state index in [2.05, 4.69) is 20.9 Å². The minimum atomic E-state index is -0.644. The monoisotopic (exact) mass is 257 g/mol. The average Bonchev–Trinajstić information content (AvgIpc) is 2.47. The van der Waals surface area contributed by atoms with Gasteiger partial charge in [0.2, 0.25) is 0 Å². The second-order valence-corrected chi connectivity index (χ2v) is 3.62. The molecule has 0 spiro atoms. The average molecular weight is 258 g/mol. The van der Waals surface area contributed by atoms with Gasteiger partial charge in [0.05, 0.1) is 6.20 Å². The van der Waals surface area contributed by atoms with E-state index in [1.54, 1.807) is 0 Å². The Bertz CT molecular complexity index is 523.